The van der Waals surface area contributed by atoms with Crippen molar-refractivity contribution in [1.82, 2.24) is 25.2 Å². The van der Waals surface area contributed by atoms with Crippen LogP contribution in [0.4, 0.5) is 0 Å². The van der Waals surface area contributed by atoms with Gasteiger partial charge in [-0.05, 0) is 29.5 Å². The standard InChI is InChI=1S/C11H11N5S2/c1-7(10-13-14-15-16(10)2)17-11-12-8-5-3-4-6-9(8)18-11/h3-7H,1-2H3/t7-/m1/s1. The van der Waals surface area contributed by atoms with Crippen LogP contribution in [-0.4, -0.2) is 25.2 Å². The third-order valence-corrected chi connectivity index (χ3v) is 4.80. The normalized spacial score (nSPS) is 13.0. The van der Waals surface area contributed by atoms with Gasteiger partial charge >= 0.3 is 0 Å². The largest absolute Gasteiger partial charge is 0.232 e. The Morgan fingerprint density at radius 2 is 2.17 bits per heavy atom. The van der Waals surface area contributed by atoms with Crippen molar-refractivity contribution in [2.75, 3.05) is 0 Å². The quantitative estimate of drug-likeness (QED) is 0.689. The predicted molar refractivity (Wildman–Crippen MR) is 72.7 cm³/mol. The van der Waals surface area contributed by atoms with E-state index < -0.39 is 0 Å². The average molecular weight is 277 g/mol. The number of para-hydroxylation sites is 1. The van der Waals surface area contributed by atoms with E-state index in [2.05, 4.69) is 33.5 Å². The van der Waals surface area contributed by atoms with Crippen molar-refractivity contribution < 1.29 is 0 Å². The second kappa shape index (κ2) is 4.66. The minimum absolute atomic E-state index is 0.186. The molecule has 0 radical (unpaired) electrons. The molecule has 18 heavy (non-hydrogen) atoms. The maximum Gasteiger partial charge on any atom is 0.164 e. The van der Waals surface area contributed by atoms with Crippen molar-refractivity contribution in [2.24, 2.45) is 7.05 Å². The maximum absolute atomic E-state index is 4.60. The van der Waals surface area contributed by atoms with Crippen LogP contribution in [0.5, 0.6) is 0 Å². The van der Waals surface area contributed by atoms with Gasteiger partial charge in [0, 0.05) is 7.05 Å². The van der Waals surface area contributed by atoms with Crippen LogP contribution in [0.3, 0.4) is 0 Å². The second-order valence-electron chi connectivity index (χ2n) is 3.87. The number of aromatic nitrogens is 5. The number of hydrogen-bond acceptors (Lipinski definition) is 6. The summed E-state index contributed by atoms with van der Waals surface area (Å²) in [6, 6.07) is 8.16. The van der Waals surface area contributed by atoms with Crippen LogP contribution >= 0.6 is 23.1 Å². The average Bonchev–Trinajstić information content (AvgIpc) is 2.94. The van der Waals surface area contributed by atoms with Crippen LogP contribution in [0.15, 0.2) is 28.6 Å². The number of thiazole rings is 1. The molecule has 3 aromatic rings. The molecule has 2 aromatic heterocycles. The number of aryl methyl sites for hydroxylation is 1. The fourth-order valence-electron chi connectivity index (χ4n) is 1.69. The lowest BCUT2D eigenvalue weighted by molar-refractivity contribution is 0.679. The van der Waals surface area contributed by atoms with Crippen LogP contribution in [-0.2, 0) is 7.05 Å². The summed E-state index contributed by atoms with van der Waals surface area (Å²) in [5.41, 5.74) is 1.05. The van der Waals surface area contributed by atoms with Crippen molar-refractivity contribution in [1.29, 1.82) is 0 Å². The Morgan fingerprint density at radius 3 is 2.89 bits per heavy atom. The highest BCUT2D eigenvalue weighted by molar-refractivity contribution is 8.01. The van der Waals surface area contributed by atoms with Gasteiger partial charge in [0.15, 0.2) is 10.2 Å². The molecule has 1 atom stereocenters. The predicted octanol–water partition coefficient (Wildman–Crippen LogP) is 2.67. The van der Waals surface area contributed by atoms with Crippen LogP contribution in [0.1, 0.15) is 18.0 Å². The molecule has 92 valence electrons. The summed E-state index contributed by atoms with van der Waals surface area (Å²) in [4.78, 5) is 4.60. The zero-order valence-corrected chi connectivity index (χ0v) is 11.6. The van der Waals surface area contributed by atoms with Crippen molar-refractivity contribution in [3.63, 3.8) is 0 Å². The Hall–Kier alpha value is -1.47. The first-order chi connectivity index (χ1) is 8.74. The Bertz CT molecular complexity index is 642. The van der Waals surface area contributed by atoms with Gasteiger partial charge in [-0.1, -0.05) is 23.9 Å². The number of benzene rings is 1. The van der Waals surface area contributed by atoms with Crippen molar-refractivity contribution >= 4 is 33.3 Å². The molecule has 0 spiro atoms. The number of thioether (sulfide) groups is 1. The summed E-state index contributed by atoms with van der Waals surface area (Å²) in [6.45, 7) is 2.09. The Kier molecular flexibility index (Phi) is 3.00. The van der Waals surface area contributed by atoms with Gasteiger partial charge in [0.2, 0.25) is 0 Å². The van der Waals surface area contributed by atoms with Crippen LogP contribution < -0.4 is 0 Å². The molecule has 0 unspecified atom stereocenters. The summed E-state index contributed by atoms with van der Waals surface area (Å²) in [5, 5.41) is 11.7. The first kappa shape index (κ1) is 11.6. The van der Waals surface area contributed by atoms with E-state index in [0.29, 0.717) is 0 Å². The molecule has 7 heteroatoms. The van der Waals surface area contributed by atoms with Crippen molar-refractivity contribution in [3.8, 4) is 0 Å². The topological polar surface area (TPSA) is 56.5 Å². The van der Waals surface area contributed by atoms with E-state index in [9.17, 15) is 0 Å². The second-order valence-corrected chi connectivity index (χ2v) is 6.49. The highest BCUT2D eigenvalue weighted by Gasteiger charge is 2.16. The molecule has 5 nitrogen and oxygen atoms in total. The highest BCUT2D eigenvalue weighted by atomic mass is 32.2. The zero-order valence-electron chi connectivity index (χ0n) is 9.94. The molecule has 0 bridgehead atoms. The smallest absolute Gasteiger partial charge is 0.164 e. The van der Waals surface area contributed by atoms with Gasteiger partial charge in [0.25, 0.3) is 0 Å². The van der Waals surface area contributed by atoms with E-state index in [1.165, 1.54) is 4.70 Å². The van der Waals surface area contributed by atoms with Crippen molar-refractivity contribution in [3.05, 3.63) is 30.1 Å². The molecule has 0 aliphatic rings. The summed E-state index contributed by atoms with van der Waals surface area (Å²) in [6.07, 6.45) is 0. The SMILES string of the molecule is C[C@@H](Sc1nc2ccccc2s1)c1nnnn1C. The lowest BCUT2D eigenvalue weighted by Crippen LogP contribution is -2.01. The highest BCUT2D eigenvalue weighted by Crippen LogP contribution is 2.37. The van der Waals surface area contributed by atoms with E-state index in [-0.39, 0.29) is 5.25 Å². The third kappa shape index (κ3) is 2.11. The monoisotopic (exact) mass is 277 g/mol. The Labute approximate surface area is 112 Å². The molecule has 0 amide bonds. The minimum atomic E-state index is 0.186. The number of hydrogen-bond donors (Lipinski definition) is 0. The molecule has 2 heterocycles. The van der Waals surface area contributed by atoms with Gasteiger partial charge in [-0.3, -0.25) is 0 Å². The molecule has 1 aromatic carbocycles. The van der Waals surface area contributed by atoms with E-state index in [1.807, 2.05) is 25.2 Å². The van der Waals surface area contributed by atoms with Crippen LogP contribution in [0.2, 0.25) is 0 Å². The van der Waals surface area contributed by atoms with E-state index in [0.717, 1.165) is 15.7 Å². The number of fused-ring (bicyclic) bond motifs is 1. The number of rotatable bonds is 3. The number of nitrogens with zero attached hydrogens (tertiary/aromatic N) is 5. The van der Waals surface area contributed by atoms with Gasteiger partial charge in [-0.15, -0.1) is 16.4 Å². The van der Waals surface area contributed by atoms with Gasteiger partial charge in [-0.25, -0.2) is 9.67 Å². The fraction of sp³-hybridized carbons (Fsp3) is 0.273. The summed E-state index contributed by atoms with van der Waals surface area (Å²) in [5.74, 6) is 0.860. The van der Waals surface area contributed by atoms with Gasteiger partial charge in [-0.2, -0.15) is 0 Å². The van der Waals surface area contributed by atoms with Crippen molar-refractivity contribution in [2.45, 2.75) is 16.5 Å². The molecule has 0 aliphatic heterocycles. The third-order valence-electron chi connectivity index (χ3n) is 2.57. The van der Waals surface area contributed by atoms with Crippen LogP contribution in [0.25, 0.3) is 10.2 Å². The lowest BCUT2D eigenvalue weighted by Gasteiger charge is -2.05. The fourth-order valence-corrected chi connectivity index (χ4v) is 4.04. The molecule has 0 saturated carbocycles. The Morgan fingerprint density at radius 1 is 1.33 bits per heavy atom. The van der Waals surface area contributed by atoms with Crippen LogP contribution in [0, 0.1) is 0 Å². The van der Waals surface area contributed by atoms with Gasteiger partial charge < -0.3 is 0 Å². The number of tetrazole rings is 1. The van der Waals surface area contributed by atoms with E-state index in [1.54, 1.807) is 27.8 Å². The summed E-state index contributed by atoms with van der Waals surface area (Å²) in [7, 11) is 1.85. The maximum atomic E-state index is 4.60. The van der Waals surface area contributed by atoms with E-state index in [4.69, 9.17) is 0 Å². The molecule has 3 rings (SSSR count). The Balaban J connectivity index is 1.86. The molecular formula is C11H11N5S2. The van der Waals surface area contributed by atoms with E-state index >= 15 is 0 Å². The first-order valence-electron chi connectivity index (χ1n) is 5.48. The molecular weight excluding hydrogens is 266 g/mol. The first-order valence-corrected chi connectivity index (χ1v) is 7.18. The molecule has 0 fully saturated rings. The van der Waals surface area contributed by atoms with Gasteiger partial charge in [0.05, 0.1) is 15.5 Å². The summed E-state index contributed by atoms with van der Waals surface area (Å²) < 4.78 is 3.96. The molecule has 0 aliphatic carbocycles. The lowest BCUT2D eigenvalue weighted by atomic mass is 10.3. The zero-order chi connectivity index (χ0) is 12.5. The minimum Gasteiger partial charge on any atom is -0.232 e. The van der Waals surface area contributed by atoms with Gasteiger partial charge in [0.1, 0.15) is 0 Å². The molecule has 0 saturated heterocycles. The molecule has 0 N–H and O–H groups in total. The summed E-state index contributed by atoms with van der Waals surface area (Å²) >= 11 is 3.39.